The zero-order valence-electron chi connectivity index (χ0n) is 9.56. The SMILES string of the molecule is O=C1[C@H]2CC=C(Cl)C[C@H]2C(=O)N1CCCCO. The largest absolute Gasteiger partial charge is 0.396 e. The Morgan fingerprint density at radius 3 is 2.71 bits per heavy atom. The highest BCUT2D eigenvalue weighted by molar-refractivity contribution is 6.30. The number of likely N-dealkylation sites (tertiary alicyclic amines) is 1. The van der Waals surface area contributed by atoms with Gasteiger partial charge in [-0.3, -0.25) is 14.5 Å². The first-order chi connectivity index (χ1) is 8.15. The lowest BCUT2D eigenvalue weighted by molar-refractivity contribution is -0.140. The predicted octanol–water partition coefficient (Wildman–Crippen LogP) is 1.28. The van der Waals surface area contributed by atoms with E-state index in [4.69, 9.17) is 16.7 Å². The van der Waals surface area contributed by atoms with Crippen LogP contribution in [-0.4, -0.2) is 35.0 Å². The molecule has 1 fully saturated rings. The number of imide groups is 1. The summed E-state index contributed by atoms with van der Waals surface area (Å²) in [6.45, 7) is 0.513. The third-order valence-corrected chi connectivity index (χ3v) is 3.76. The highest BCUT2D eigenvalue weighted by atomic mass is 35.5. The summed E-state index contributed by atoms with van der Waals surface area (Å²) in [4.78, 5) is 25.4. The lowest BCUT2D eigenvalue weighted by atomic mass is 9.85. The van der Waals surface area contributed by atoms with Crippen molar-refractivity contribution in [2.24, 2.45) is 11.8 Å². The first-order valence-electron chi connectivity index (χ1n) is 5.95. The van der Waals surface area contributed by atoms with Gasteiger partial charge in [0.25, 0.3) is 0 Å². The normalized spacial score (nSPS) is 28.4. The van der Waals surface area contributed by atoms with Crippen LogP contribution < -0.4 is 0 Å². The average molecular weight is 258 g/mol. The first-order valence-corrected chi connectivity index (χ1v) is 6.33. The number of carbonyl (C=O) groups excluding carboxylic acids is 2. The zero-order chi connectivity index (χ0) is 12.4. The minimum atomic E-state index is -0.255. The van der Waals surface area contributed by atoms with Crippen molar-refractivity contribution >= 4 is 23.4 Å². The van der Waals surface area contributed by atoms with E-state index in [9.17, 15) is 9.59 Å². The Hall–Kier alpha value is -0.870. The summed E-state index contributed by atoms with van der Waals surface area (Å²) < 4.78 is 0. The molecule has 1 aliphatic carbocycles. The van der Waals surface area contributed by atoms with E-state index in [0.717, 1.165) is 0 Å². The van der Waals surface area contributed by atoms with Crippen molar-refractivity contribution in [3.63, 3.8) is 0 Å². The van der Waals surface area contributed by atoms with Crippen molar-refractivity contribution < 1.29 is 14.7 Å². The lowest BCUT2D eigenvalue weighted by Crippen LogP contribution is -2.32. The van der Waals surface area contributed by atoms with E-state index >= 15 is 0 Å². The third-order valence-electron chi connectivity index (χ3n) is 3.45. The maximum atomic E-state index is 12.0. The predicted molar refractivity (Wildman–Crippen MR) is 63.2 cm³/mol. The van der Waals surface area contributed by atoms with Gasteiger partial charge in [0.15, 0.2) is 0 Å². The maximum absolute atomic E-state index is 12.0. The molecule has 0 aromatic heterocycles. The quantitative estimate of drug-likeness (QED) is 0.610. The summed E-state index contributed by atoms with van der Waals surface area (Å²) in [5.74, 6) is -0.629. The van der Waals surface area contributed by atoms with Crippen molar-refractivity contribution in [2.45, 2.75) is 25.7 Å². The number of hydrogen-bond acceptors (Lipinski definition) is 3. The van der Waals surface area contributed by atoms with Crippen LogP contribution in [0.15, 0.2) is 11.1 Å². The van der Waals surface area contributed by atoms with Gasteiger partial charge in [-0.2, -0.15) is 0 Å². The Morgan fingerprint density at radius 2 is 2.00 bits per heavy atom. The molecule has 4 nitrogen and oxygen atoms in total. The molecule has 5 heteroatoms. The van der Waals surface area contributed by atoms with Gasteiger partial charge < -0.3 is 5.11 Å². The second-order valence-electron chi connectivity index (χ2n) is 4.56. The average Bonchev–Trinajstić information content (AvgIpc) is 2.54. The monoisotopic (exact) mass is 257 g/mol. The second-order valence-corrected chi connectivity index (χ2v) is 5.05. The van der Waals surface area contributed by atoms with E-state index in [1.165, 1.54) is 4.90 Å². The molecular weight excluding hydrogens is 242 g/mol. The van der Waals surface area contributed by atoms with E-state index in [1.807, 2.05) is 6.08 Å². The molecule has 1 saturated heterocycles. The fraction of sp³-hybridized carbons (Fsp3) is 0.667. The van der Waals surface area contributed by atoms with Gasteiger partial charge >= 0.3 is 0 Å². The number of amides is 2. The Labute approximate surface area is 105 Å². The molecule has 2 aliphatic rings. The van der Waals surface area contributed by atoms with Crippen molar-refractivity contribution in [1.29, 1.82) is 0 Å². The summed E-state index contributed by atoms with van der Waals surface area (Å²) in [5, 5.41) is 9.38. The molecule has 0 radical (unpaired) electrons. The maximum Gasteiger partial charge on any atom is 0.233 e. The van der Waals surface area contributed by atoms with Crippen molar-refractivity contribution in [2.75, 3.05) is 13.2 Å². The van der Waals surface area contributed by atoms with Crippen molar-refractivity contribution in [1.82, 2.24) is 4.90 Å². The molecule has 1 N–H and O–H groups in total. The van der Waals surface area contributed by atoms with Crippen LogP contribution in [0.1, 0.15) is 25.7 Å². The summed E-state index contributed by atoms with van der Waals surface area (Å²) >= 11 is 5.92. The molecule has 0 aromatic rings. The molecule has 0 unspecified atom stereocenters. The van der Waals surface area contributed by atoms with Crippen LogP contribution in [0.3, 0.4) is 0 Å². The smallest absolute Gasteiger partial charge is 0.233 e. The molecule has 94 valence electrons. The van der Waals surface area contributed by atoms with Crippen LogP contribution in [-0.2, 0) is 9.59 Å². The highest BCUT2D eigenvalue weighted by Crippen LogP contribution is 2.38. The number of nitrogens with zero attached hydrogens (tertiary/aromatic N) is 1. The van der Waals surface area contributed by atoms with Gasteiger partial charge in [0, 0.05) is 18.2 Å². The number of halogens is 1. The molecule has 1 aliphatic heterocycles. The van der Waals surface area contributed by atoms with Gasteiger partial charge in [0.05, 0.1) is 11.8 Å². The number of allylic oxidation sites excluding steroid dienone is 2. The molecule has 0 saturated carbocycles. The molecule has 2 rings (SSSR count). The van der Waals surface area contributed by atoms with Gasteiger partial charge in [-0.05, 0) is 25.7 Å². The van der Waals surface area contributed by atoms with E-state index in [-0.39, 0.29) is 30.3 Å². The van der Waals surface area contributed by atoms with Crippen molar-refractivity contribution in [3.05, 3.63) is 11.1 Å². The summed E-state index contributed by atoms with van der Waals surface area (Å²) in [5.41, 5.74) is 0. The molecule has 1 heterocycles. The molecule has 2 amide bonds. The van der Waals surface area contributed by atoms with Gasteiger partial charge in [-0.25, -0.2) is 0 Å². The number of hydrogen-bond donors (Lipinski definition) is 1. The minimum Gasteiger partial charge on any atom is -0.396 e. The van der Waals surface area contributed by atoms with Crippen molar-refractivity contribution in [3.8, 4) is 0 Å². The van der Waals surface area contributed by atoms with Gasteiger partial charge in [0.1, 0.15) is 0 Å². The highest BCUT2D eigenvalue weighted by Gasteiger charge is 2.47. The van der Waals surface area contributed by atoms with Crippen LogP contribution in [0.5, 0.6) is 0 Å². The van der Waals surface area contributed by atoms with Crippen LogP contribution in [0.4, 0.5) is 0 Å². The number of aliphatic hydroxyl groups excluding tert-OH is 1. The zero-order valence-corrected chi connectivity index (χ0v) is 10.3. The van der Waals surface area contributed by atoms with E-state index < -0.39 is 0 Å². The number of carbonyl (C=O) groups is 2. The van der Waals surface area contributed by atoms with Crippen LogP contribution in [0.2, 0.25) is 0 Å². The fourth-order valence-electron chi connectivity index (χ4n) is 2.50. The Kier molecular flexibility index (Phi) is 3.84. The molecule has 0 spiro atoms. The van der Waals surface area contributed by atoms with Crippen LogP contribution in [0.25, 0.3) is 0 Å². The van der Waals surface area contributed by atoms with E-state index in [0.29, 0.717) is 37.3 Å². The van der Waals surface area contributed by atoms with E-state index in [2.05, 4.69) is 0 Å². The van der Waals surface area contributed by atoms with Gasteiger partial charge in [-0.1, -0.05) is 17.7 Å². The molecular formula is C12H16ClNO3. The fourth-order valence-corrected chi connectivity index (χ4v) is 2.75. The summed E-state index contributed by atoms with van der Waals surface area (Å²) in [6.07, 6.45) is 4.18. The van der Waals surface area contributed by atoms with Crippen LogP contribution >= 0.6 is 11.6 Å². The Bertz CT molecular complexity index is 367. The number of aliphatic hydroxyl groups is 1. The lowest BCUT2D eigenvalue weighted by Gasteiger charge is -2.17. The third kappa shape index (κ3) is 2.38. The summed E-state index contributed by atoms with van der Waals surface area (Å²) in [6, 6.07) is 0. The molecule has 0 aromatic carbocycles. The standard InChI is InChI=1S/C12H16ClNO3/c13-8-3-4-9-10(7-8)12(17)14(11(9)16)5-1-2-6-15/h3,9-10,15H,1-2,4-7H2/t9-,10+/m0/s1. The first kappa shape index (κ1) is 12.6. The topological polar surface area (TPSA) is 57.6 Å². The minimum absolute atomic E-state index is 0.0710. The van der Waals surface area contributed by atoms with Crippen LogP contribution in [0, 0.1) is 11.8 Å². The molecule has 0 bridgehead atoms. The molecule has 2 atom stereocenters. The molecule has 17 heavy (non-hydrogen) atoms. The second kappa shape index (κ2) is 5.19. The number of unbranched alkanes of at least 4 members (excludes halogenated alkanes) is 1. The summed E-state index contributed by atoms with van der Waals surface area (Å²) in [7, 11) is 0. The van der Waals surface area contributed by atoms with E-state index in [1.54, 1.807) is 0 Å². The number of fused-ring (bicyclic) bond motifs is 1. The Morgan fingerprint density at radius 1 is 1.29 bits per heavy atom. The number of rotatable bonds is 4. The Balaban J connectivity index is 2.03. The van der Waals surface area contributed by atoms with Gasteiger partial charge in [-0.15, -0.1) is 0 Å². The van der Waals surface area contributed by atoms with Gasteiger partial charge in [0.2, 0.25) is 11.8 Å².